The van der Waals surface area contributed by atoms with E-state index in [9.17, 15) is 49.1 Å². The third-order valence-electron chi connectivity index (χ3n) is 7.00. The van der Waals surface area contributed by atoms with E-state index in [-0.39, 0.29) is 36.9 Å². The van der Waals surface area contributed by atoms with Gasteiger partial charge >= 0.3 is 30.6 Å². The smallest absolute Gasteiger partial charge is 0.416 e. The van der Waals surface area contributed by atoms with Gasteiger partial charge in [-0.25, -0.2) is 4.79 Å². The number of hydrogen-bond donors (Lipinski definition) is 1. The molecule has 0 bridgehead atoms. The molecule has 1 heterocycles. The highest BCUT2D eigenvalue weighted by molar-refractivity contribution is 7.28. The number of fused-ring (bicyclic) bond motifs is 1. The van der Waals surface area contributed by atoms with Gasteiger partial charge in [0.05, 0.1) is 36.1 Å². The molecule has 16 heteroatoms. The van der Waals surface area contributed by atoms with E-state index in [0.717, 1.165) is 18.1 Å². The first kappa shape index (κ1) is 33.2. The predicted molar refractivity (Wildman–Crippen MR) is 132 cm³/mol. The number of rotatable bonds is 6. The maximum Gasteiger partial charge on any atom is 0.416 e. The number of benzene rings is 2. The number of nitrogens with zero attached hydrogens (tertiary/aromatic N) is 1. The maximum absolute atomic E-state index is 13.8. The molecule has 1 aliphatic heterocycles. The fourth-order valence-corrected chi connectivity index (χ4v) is 5.94. The SMILES string of the molecule is CCOC(=O)N1c2ccc(C(F)(F)F)cc2[C@H](C(P=N)(C(=O)OC)c2cc(C(F)(F)F)cc(C(F)(F)F)c2)C[C@H]1CC. The predicted octanol–water partition coefficient (Wildman–Crippen LogP) is 8.75. The molecular weight excluding hydrogens is 606 g/mol. The van der Waals surface area contributed by atoms with E-state index in [1.165, 1.54) is 6.92 Å². The van der Waals surface area contributed by atoms with Crippen LogP contribution >= 0.6 is 8.37 Å². The maximum atomic E-state index is 13.8. The van der Waals surface area contributed by atoms with Crippen LogP contribution in [0, 0.1) is 5.16 Å². The van der Waals surface area contributed by atoms with Crippen molar-refractivity contribution in [3.8, 4) is 0 Å². The number of anilines is 1. The number of ether oxygens (including phenoxy) is 2. The molecule has 1 unspecified atom stereocenters. The van der Waals surface area contributed by atoms with Crippen molar-refractivity contribution >= 4 is 26.1 Å². The van der Waals surface area contributed by atoms with E-state index in [4.69, 9.17) is 14.6 Å². The van der Waals surface area contributed by atoms with Crippen molar-refractivity contribution in [3.63, 3.8) is 0 Å². The first-order valence-corrected chi connectivity index (χ1v) is 13.2. The van der Waals surface area contributed by atoms with Gasteiger partial charge in [0.2, 0.25) is 0 Å². The minimum Gasteiger partial charge on any atom is -0.468 e. The van der Waals surface area contributed by atoms with E-state index >= 15 is 0 Å². The van der Waals surface area contributed by atoms with Crippen molar-refractivity contribution in [2.75, 3.05) is 18.6 Å². The van der Waals surface area contributed by atoms with Crippen molar-refractivity contribution in [1.29, 1.82) is 5.16 Å². The molecule has 1 N–H and O–H groups in total. The van der Waals surface area contributed by atoms with Crippen LogP contribution in [0.5, 0.6) is 0 Å². The first-order valence-electron chi connectivity index (χ1n) is 12.3. The summed E-state index contributed by atoms with van der Waals surface area (Å²) in [5.41, 5.74) is -6.37. The second-order valence-corrected chi connectivity index (χ2v) is 10.3. The zero-order valence-electron chi connectivity index (χ0n) is 22.2. The number of amides is 1. The van der Waals surface area contributed by atoms with Gasteiger partial charge in [0.1, 0.15) is 0 Å². The lowest BCUT2D eigenvalue weighted by Crippen LogP contribution is -2.49. The molecule has 3 rings (SSSR count). The van der Waals surface area contributed by atoms with E-state index < -0.39 is 90.3 Å². The molecule has 0 saturated carbocycles. The third-order valence-corrected chi connectivity index (χ3v) is 8.11. The summed E-state index contributed by atoms with van der Waals surface area (Å²) >= 11 is 0. The molecule has 0 spiro atoms. The standard InChI is InChI=1S/C26H24F9N2O4P/c1-4-17-12-19(18-11-13(24(27,28)29)6-7-20(18)37(17)22(39)41-5-2)23(42-36,21(38)40-3)14-8-15(25(30,31)32)10-16(9-14)26(33,34)35/h6-11,17,19,36H,4-5,12H2,1-3H3/t17-,19-,23?/m1/s1. The number of nitrogens with one attached hydrogen (secondary N) is 1. The molecule has 0 radical (unpaired) electrons. The fourth-order valence-electron chi connectivity index (χ4n) is 5.10. The lowest BCUT2D eigenvalue weighted by atomic mass is 9.72. The van der Waals surface area contributed by atoms with Crippen molar-refractivity contribution in [3.05, 3.63) is 64.2 Å². The third kappa shape index (κ3) is 6.06. The van der Waals surface area contributed by atoms with Crippen LogP contribution in [0.15, 0.2) is 36.4 Å². The van der Waals surface area contributed by atoms with Crippen LogP contribution < -0.4 is 4.90 Å². The summed E-state index contributed by atoms with van der Waals surface area (Å²) in [7, 11) is -0.0821. The summed E-state index contributed by atoms with van der Waals surface area (Å²) < 4.78 is 134. The zero-order chi connectivity index (χ0) is 31.8. The van der Waals surface area contributed by atoms with E-state index in [1.807, 2.05) is 0 Å². The molecule has 2 aromatic rings. The molecule has 3 atom stereocenters. The Bertz CT molecular complexity index is 1330. The topological polar surface area (TPSA) is 79.7 Å². The molecule has 0 aliphatic carbocycles. The molecule has 0 fully saturated rings. The van der Waals surface area contributed by atoms with Gasteiger partial charge < -0.3 is 9.47 Å². The number of alkyl halides is 9. The van der Waals surface area contributed by atoms with Crippen LogP contribution in [-0.2, 0) is 38.0 Å². The Morgan fingerprint density at radius 3 is 1.83 bits per heavy atom. The van der Waals surface area contributed by atoms with Crippen LogP contribution in [0.2, 0.25) is 0 Å². The number of halogens is 9. The van der Waals surface area contributed by atoms with E-state index in [1.54, 1.807) is 6.92 Å². The molecule has 6 nitrogen and oxygen atoms in total. The zero-order valence-corrected chi connectivity index (χ0v) is 23.1. The molecule has 0 saturated heterocycles. The Labute approximate surface area is 235 Å². The van der Waals surface area contributed by atoms with Gasteiger partial charge in [0.15, 0.2) is 5.16 Å². The molecule has 1 aliphatic rings. The first-order chi connectivity index (χ1) is 19.4. The van der Waals surface area contributed by atoms with E-state index in [0.29, 0.717) is 12.1 Å². The Hall–Kier alpha value is -3.35. The van der Waals surface area contributed by atoms with Gasteiger partial charge in [-0.2, -0.15) is 39.5 Å². The summed E-state index contributed by atoms with van der Waals surface area (Å²) in [5, 5.41) is 5.61. The lowest BCUT2D eigenvalue weighted by Gasteiger charge is -2.45. The van der Waals surface area contributed by atoms with Gasteiger partial charge in [-0.3, -0.25) is 14.9 Å². The van der Waals surface area contributed by atoms with Crippen LogP contribution in [0.1, 0.15) is 60.4 Å². The Kier molecular flexibility index (Phi) is 9.26. The van der Waals surface area contributed by atoms with Crippen LogP contribution in [0.4, 0.5) is 50.0 Å². The van der Waals surface area contributed by atoms with Crippen molar-refractivity contribution in [2.45, 2.75) is 62.3 Å². The summed E-state index contributed by atoms with van der Waals surface area (Å²) in [4.78, 5) is 27.4. The highest BCUT2D eigenvalue weighted by atomic mass is 31.1. The second kappa shape index (κ2) is 11.7. The highest BCUT2D eigenvalue weighted by Gasteiger charge is 2.55. The van der Waals surface area contributed by atoms with Gasteiger partial charge in [-0.05, 0) is 67.3 Å². The second-order valence-electron chi connectivity index (χ2n) is 9.35. The number of carbonyl (C=O) groups excluding carboxylic acids is 2. The van der Waals surface area contributed by atoms with Crippen LogP contribution in [0.3, 0.4) is 0 Å². The number of methoxy groups -OCH3 is 1. The van der Waals surface area contributed by atoms with Gasteiger partial charge in [-0.15, -0.1) is 0 Å². The summed E-state index contributed by atoms with van der Waals surface area (Å²) in [6.07, 6.45) is -16.9. The van der Waals surface area contributed by atoms with Gasteiger partial charge in [-0.1, -0.05) is 6.92 Å². The van der Waals surface area contributed by atoms with Crippen molar-refractivity contribution < 1.29 is 58.6 Å². The molecule has 1 amide bonds. The van der Waals surface area contributed by atoms with Gasteiger partial charge in [0.25, 0.3) is 0 Å². The monoisotopic (exact) mass is 630 g/mol. The molecule has 42 heavy (non-hydrogen) atoms. The summed E-state index contributed by atoms with van der Waals surface area (Å²) in [6, 6.07) is 1.56. The average Bonchev–Trinajstić information content (AvgIpc) is 2.91. The number of hydrogen-bond acceptors (Lipinski definition) is 5. The van der Waals surface area contributed by atoms with E-state index in [2.05, 4.69) is 0 Å². The molecule has 0 aromatic heterocycles. The summed E-state index contributed by atoms with van der Waals surface area (Å²) in [5.74, 6) is -3.08. The van der Waals surface area contributed by atoms with Crippen molar-refractivity contribution in [1.82, 2.24) is 0 Å². The summed E-state index contributed by atoms with van der Waals surface area (Å²) in [6.45, 7) is 2.94. The Morgan fingerprint density at radius 2 is 1.40 bits per heavy atom. The highest BCUT2D eigenvalue weighted by Crippen LogP contribution is 2.57. The number of carbonyl (C=O) groups is 2. The molecule has 230 valence electrons. The Morgan fingerprint density at radius 1 is 0.881 bits per heavy atom. The van der Waals surface area contributed by atoms with Crippen LogP contribution in [0.25, 0.3) is 0 Å². The fraction of sp³-hybridized carbons (Fsp3) is 0.462. The molecular formula is C26H24F9N2O4P. The lowest BCUT2D eigenvalue weighted by molar-refractivity contribution is -0.147. The average molecular weight is 630 g/mol. The van der Waals surface area contributed by atoms with Gasteiger partial charge in [0, 0.05) is 20.3 Å². The quantitative estimate of drug-likeness (QED) is 0.197. The minimum absolute atomic E-state index is 0.0955. The Balaban J connectivity index is 2.49. The molecule has 2 aromatic carbocycles. The normalized spacial score (nSPS) is 19.2. The van der Waals surface area contributed by atoms with Crippen molar-refractivity contribution in [2.24, 2.45) is 0 Å². The largest absolute Gasteiger partial charge is 0.468 e. The number of esters is 1. The minimum atomic E-state index is -5.32. The van der Waals surface area contributed by atoms with Crippen LogP contribution in [-0.4, -0.2) is 31.8 Å².